The van der Waals surface area contributed by atoms with E-state index in [1.807, 2.05) is 13.8 Å². The fourth-order valence-corrected chi connectivity index (χ4v) is 1.50. The molecule has 1 N–H and O–H groups in total. The zero-order valence-electron chi connectivity index (χ0n) is 7.56. The van der Waals surface area contributed by atoms with Gasteiger partial charge in [-0.2, -0.15) is 8.42 Å². The zero-order valence-corrected chi connectivity index (χ0v) is 8.38. The normalized spacial score (nSPS) is 11.1. The van der Waals surface area contributed by atoms with Gasteiger partial charge in [0.1, 0.15) is 0 Å². The van der Waals surface area contributed by atoms with Crippen LogP contribution < -0.4 is 0 Å². The molecule has 1 rings (SSSR count). The Bertz CT molecular complexity index is 381. The van der Waals surface area contributed by atoms with Crippen molar-refractivity contribution in [2.24, 2.45) is 0 Å². The summed E-state index contributed by atoms with van der Waals surface area (Å²) in [6, 6.07) is 6.22. The summed E-state index contributed by atoms with van der Waals surface area (Å²) in [6.45, 7) is 4.03. The van der Waals surface area contributed by atoms with E-state index >= 15 is 0 Å². The summed E-state index contributed by atoms with van der Waals surface area (Å²) in [5, 5.41) is 0. The molecule has 0 amide bonds. The van der Waals surface area contributed by atoms with Crippen molar-refractivity contribution < 1.29 is 13.0 Å². The minimum absolute atomic E-state index is 0. The van der Waals surface area contributed by atoms with E-state index in [-0.39, 0.29) is 34.5 Å². The van der Waals surface area contributed by atoms with Gasteiger partial charge in [0, 0.05) is 0 Å². The molecule has 0 unspecified atom stereocenters. The van der Waals surface area contributed by atoms with Crippen LogP contribution in [0.2, 0.25) is 0 Å². The molecule has 14 heavy (non-hydrogen) atoms. The Morgan fingerprint density at radius 3 is 1.86 bits per heavy atom. The molecule has 3 nitrogen and oxygen atoms in total. The molecule has 0 aromatic heterocycles. The predicted molar refractivity (Wildman–Crippen MR) is 57.5 cm³/mol. The molecule has 0 aliphatic carbocycles. The standard InChI is InChI=1S/C9H12O3S.Na.H/c1-7(2)8-3-5-9(6-4-8)13(10,11)12;;/h3-7H,1-2H3,(H,10,11,12);;. The van der Waals surface area contributed by atoms with Gasteiger partial charge >= 0.3 is 29.6 Å². The molecule has 74 valence electrons. The Morgan fingerprint density at radius 1 is 1.14 bits per heavy atom. The van der Waals surface area contributed by atoms with Gasteiger partial charge in [-0.3, -0.25) is 4.55 Å². The summed E-state index contributed by atoms with van der Waals surface area (Å²) in [5.41, 5.74) is 1.05. The quantitative estimate of drug-likeness (QED) is 0.610. The van der Waals surface area contributed by atoms with Crippen molar-refractivity contribution in [3.8, 4) is 0 Å². The molecule has 0 saturated carbocycles. The molecule has 1 aromatic rings. The predicted octanol–water partition coefficient (Wildman–Crippen LogP) is 1.41. The molecule has 0 bridgehead atoms. The third kappa shape index (κ3) is 3.71. The summed E-state index contributed by atoms with van der Waals surface area (Å²) in [6.07, 6.45) is 0. The first kappa shape index (κ1) is 14.1. The number of rotatable bonds is 2. The maximum atomic E-state index is 10.7. The van der Waals surface area contributed by atoms with E-state index in [4.69, 9.17) is 4.55 Å². The van der Waals surface area contributed by atoms with Crippen molar-refractivity contribution in [3.63, 3.8) is 0 Å². The van der Waals surface area contributed by atoms with Gasteiger partial charge in [0.25, 0.3) is 10.1 Å². The van der Waals surface area contributed by atoms with Crippen LogP contribution in [-0.4, -0.2) is 42.5 Å². The summed E-state index contributed by atoms with van der Waals surface area (Å²) in [5.74, 6) is 0.357. The van der Waals surface area contributed by atoms with Crippen molar-refractivity contribution in [3.05, 3.63) is 29.8 Å². The average Bonchev–Trinajstić information content (AvgIpc) is 2.03. The second-order valence-electron chi connectivity index (χ2n) is 3.20. The second-order valence-corrected chi connectivity index (χ2v) is 4.62. The van der Waals surface area contributed by atoms with Gasteiger partial charge in [0.2, 0.25) is 0 Å². The Balaban J connectivity index is 0.00000169. The van der Waals surface area contributed by atoms with E-state index < -0.39 is 10.1 Å². The van der Waals surface area contributed by atoms with E-state index in [0.717, 1.165) is 5.56 Å². The number of hydrogen-bond acceptors (Lipinski definition) is 2. The number of benzene rings is 1. The Hall–Kier alpha value is 0.130. The van der Waals surface area contributed by atoms with Crippen molar-refractivity contribution in [2.45, 2.75) is 24.7 Å². The van der Waals surface area contributed by atoms with Crippen molar-refractivity contribution >= 4 is 39.7 Å². The molecule has 0 fully saturated rings. The van der Waals surface area contributed by atoms with Gasteiger partial charge in [-0.05, 0) is 23.6 Å². The van der Waals surface area contributed by atoms with Crippen LogP contribution >= 0.6 is 0 Å². The van der Waals surface area contributed by atoms with Gasteiger partial charge in [-0.25, -0.2) is 0 Å². The fourth-order valence-electron chi connectivity index (χ4n) is 1.02. The van der Waals surface area contributed by atoms with E-state index in [0.29, 0.717) is 5.92 Å². The average molecular weight is 224 g/mol. The molecule has 5 heteroatoms. The van der Waals surface area contributed by atoms with Crippen LogP contribution in [0.4, 0.5) is 0 Å². The monoisotopic (exact) mass is 224 g/mol. The SMILES string of the molecule is CC(C)c1ccc(S(=O)(=O)O)cc1.[NaH]. The van der Waals surface area contributed by atoms with Crippen LogP contribution in [0.3, 0.4) is 0 Å². The van der Waals surface area contributed by atoms with Crippen LogP contribution in [-0.2, 0) is 10.1 Å². The summed E-state index contributed by atoms with van der Waals surface area (Å²) in [4.78, 5) is -0.0584. The molecule has 0 aliphatic heterocycles. The maximum absolute atomic E-state index is 10.7. The molecular formula is C9H13NaO3S. The summed E-state index contributed by atoms with van der Waals surface area (Å²) < 4.78 is 30.0. The summed E-state index contributed by atoms with van der Waals surface area (Å²) >= 11 is 0. The van der Waals surface area contributed by atoms with Crippen molar-refractivity contribution in [1.82, 2.24) is 0 Å². The molecule has 0 saturated heterocycles. The Morgan fingerprint density at radius 2 is 1.57 bits per heavy atom. The molecule has 0 aliphatic rings. The fraction of sp³-hybridized carbons (Fsp3) is 0.333. The zero-order chi connectivity index (χ0) is 10.1. The van der Waals surface area contributed by atoms with Gasteiger partial charge in [-0.1, -0.05) is 26.0 Å². The first-order valence-electron chi connectivity index (χ1n) is 3.98. The van der Waals surface area contributed by atoms with Gasteiger partial charge in [-0.15, -0.1) is 0 Å². The molecule has 0 atom stereocenters. The molecule has 0 spiro atoms. The van der Waals surface area contributed by atoms with Crippen molar-refractivity contribution in [2.75, 3.05) is 0 Å². The van der Waals surface area contributed by atoms with Crippen LogP contribution in [0.1, 0.15) is 25.3 Å². The van der Waals surface area contributed by atoms with E-state index in [1.54, 1.807) is 12.1 Å². The van der Waals surface area contributed by atoms with Crippen LogP contribution in [0.15, 0.2) is 29.2 Å². The third-order valence-corrected chi connectivity index (χ3v) is 2.71. The minimum atomic E-state index is -4.05. The first-order valence-corrected chi connectivity index (χ1v) is 5.42. The van der Waals surface area contributed by atoms with Crippen molar-refractivity contribution in [1.29, 1.82) is 0 Å². The van der Waals surface area contributed by atoms with Crippen LogP contribution in [0, 0.1) is 0 Å². The third-order valence-electron chi connectivity index (χ3n) is 1.84. The first-order chi connectivity index (χ1) is 5.91. The molecular weight excluding hydrogens is 211 g/mol. The van der Waals surface area contributed by atoms with E-state index in [9.17, 15) is 8.42 Å². The topological polar surface area (TPSA) is 54.4 Å². The summed E-state index contributed by atoms with van der Waals surface area (Å²) in [7, 11) is -4.05. The Labute approximate surface area is 107 Å². The van der Waals surface area contributed by atoms with E-state index in [2.05, 4.69) is 0 Å². The van der Waals surface area contributed by atoms with Gasteiger partial charge in [0.05, 0.1) is 4.90 Å². The van der Waals surface area contributed by atoms with Gasteiger partial charge in [0.15, 0.2) is 0 Å². The Kier molecular flexibility index (Phi) is 5.33. The molecule has 0 radical (unpaired) electrons. The van der Waals surface area contributed by atoms with Crippen LogP contribution in [0.5, 0.6) is 0 Å². The molecule has 0 heterocycles. The van der Waals surface area contributed by atoms with Gasteiger partial charge < -0.3 is 0 Å². The molecule has 1 aromatic carbocycles. The van der Waals surface area contributed by atoms with E-state index in [1.165, 1.54) is 12.1 Å². The van der Waals surface area contributed by atoms with Crippen LogP contribution in [0.25, 0.3) is 0 Å². The second kappa shape index (κ2) is 5.28. The number of hydrogen-bond donors (Lipinski definition) is 1.